The summed E-state index contributed by atoms with van der Waals surface area (Å²) < 4.78 is 32.2. The van der Waals surface area contributed by atoms with Gasteiger partial charge >= 0.3 is 0 Å². The molecule has 0 spiro atoms. The summed E-state index contributed by atoms with van der Waals surface area (Å²) in [4.78, 5) is 22.9. The molecule has 0 aliphatic rings. The summed E-state index contributed by atoms with van der Waals surface area (Å²) in [6.07, 6.45) is 0. The molecule has 0 fully saturated rings. The first-order valence-corrected chi connectivity index (χ1v) is 7.68. The van der Waals surface area contributed by atoms with Crippen LogP contribution in [0.2, 0.25) is 15.1 Å². The molecule has 0 aliphatic heterocycles. The number of primary amides is 1. The number of anilines is 1. The minimum absolute atomic E-state index is 0.0867. The van der Waals surface area contributed by atoms with E-state index in [0.29, 0.717) is 6.07 Å². The van der Waals surface area contributed by atoms with Gasteiger partial charge in [0.2, 0.25) is 0 Å². The van der Waals surface area contributed by atoms with Gasteiger partial charge in [0.15, 0.2) is 6.61 Å². The Bertz CT molecular complexity index is 862. The second-order valence-corrected chi connectivity index (χ2v) is 5.93. The van der Waals surface area contributed by atoms with Gasteiger partial charge in [-0.3, -0.25) is 9.59 Å². The fourth-order valence-corrected chi connectivity index (χ4v) is 2.37. The molecule has 2 amide bonds. The number of hydrogen-bond acceptors (Lipinski definition) is 3. The highest BCUT2D eigenvalue weighted by Gasteiger charge is 2.16. The lowest BCUT2D eigenvalue weighted by atomic mass is 10.1. The van der Waals surface area contributed by atoms with Crippen LogP contribution in [0, 0.1) is 11.6 Å². The smallest absolute Gasteiger partial charge is 0.262 e. The number of carbonyl (C=O) groups is 2. The molecule has 10 heteroatoms. The second-order valence-electron chi connectivity index (χ2n) is 4.71. The number of amides is 2. The molecule has 2 aromatic rings. The van der Waals surface area contributed by atoms with Crippen molar-refractivity contribution >= 4 is 52.3 Å². The van der Waals surface area contributed by atoms with Crippen LogP contribution in [0.15, 0.2) is 24.3 Å². The van der Waals surface area contributed by atoms with Crippen LogP contribution in [0.1, 0.15) is 10.4 Å². The van der Waals surface area contributed by atoms with Crippen molar-refractivity contribution in [3.8, 4) is 5.75 Å². The summed E-state index contributed by atoms with van der Waals surface area (Å²) >= 11 is 17.5. The predicted molar refractivity (Wildman–Crippen MR) is 90.5 cm³/mol. The van der Waals surface area contributed by atoms with Crippen LogP contribution in [-0.4, -0.2) is 18.4 Å². The Kier molecular flexibility index (Phi) is 6.05. The number of hydrogen-bond donors (Lipinski definition) is 2. The minimum Gasteiger partial charge on any atom is -0.482 e. The maximum absolute atomic E-state index is 13.7. The number of halogens is 5. The highest BCUT2D eigenvalue weighted by molar-refractivity contribution is 6.43. The van der Waals surface area contributed by atoms with Crippen molar-refractivity contribution < 1.29 is 23.1 Å². The van der Waals surface area contributed by atoms with Crippen molar-refractivity contribution in [1.82, 2.24) is 0 Å². The Morgan fingerprint density at radius 1 is 1.00 bits per heavy atom. The summed E-state index contributed by atoms with van der Waals surface area (Å²) in [7, 11) is 0. The fourth-order valence-electron chi connectivity index (χ4n) is 1.78. The Morgan fingerprint density at radius 2 is 1.64 bits per heavy atom. The zero-order chi connectivity index (χ0) is 18.7. The van der Waals surface area contributed by atoms with E-state index < -0.39 is 41.3 Å². The molecule has 0 aromatic heterocycles. The van der Waals surface area contributed by atoms with E-state index in [-0.39, 0.29) is 20.8 Å². The third-order valence-electron chi connectivity index (χ3n) is 2.93. The van der Waals surface area contributed by atoms with Gasteiger partial charge in [0.25, 0.3) is 11.8 Å². The number of rotatable bonds is 5. The van der Waals surface area contributed by atoms with Gasteiger partial charge in [0, 0.05) is 12.1 Å². The van der Waals surface area contributed by atoms with Gasteiger partial charge in [-0.05, 0) is 12.1 Å². The first kappa shape index (κ1) is 19.2. The van der Waals surface area contributed by atoms with Crippen LogP contribution < -0.4 is 15.8 Å². The van der Waals surface area contributed by atoms with Crippen molar-refractivity contribution in [1.29, 1.82) is 0 Å². The maximum Gasteiger partial charge on any atom is 0.262 e. The van der Waals surface area contributed by atoms with Crippen LogP contribution in [0.25, 0.3) is 0 Å². The highest BCUT2D eigenvalue weighted by Crippen LogP contribution is 2.33. The average molecular weight is 410 g/mol. The first-order valence-electron chi connectivity index (χ1n) is 6.55. The van der Waals surface area contributed by atoms with Crippen LogP contribution in [0.5, 0.6) is 5.75 Å². The van der Waals surface area contributed by atoms with Gasteiger partial charge in [-0.1, -0.05) is 34.8 Å². The summed E-state index contributed by atoms with van der Waals surface area (Å²) in [5, 5.41) is 2.62. The van der Waals surface area contributed by atoms with E-state index in [1.165, 1.54) is 12.1 Å². The average Bonchev–Trinajstić information content (AvgIpc) is 2.51. The van der Waals surface area contributed by atoms with E-state index in [9.17, 15) is 18.4 Å². The van der Waals surface area contributed by atoms with Crippen molar-refractivity contribution in [3.05, 3.63) is 56.5 Å². The largest absolute Gasteiger partial charge is 0.482 e. The Hall–Kier alpha value is -2.09. The van der Waals surface area contributed by atoms with E-state index in [2.05, 4.69) is 5.32 Å². The molecule has 2 aromatic carbocycles. The number of benzene rings is 2. The van der Waals surface area contributed by atoms with Gasteiger partial charge in [-0.15, -0.1) is 0 Å². The molecule has 0 bridgehead atoms. The molecule has 0 unspecified atom stereocenters. The lowest BCUT2D eigenvalue weighted by Crippen LogP contribution is -2.22. The minimum atomic E-state index is -1.14. The van der Waals surface area contributed by atoms with Gasteiger partial charge in [0.05, 0.1) is 26.3 Å². The normalized spacial score (nSPS) is 10.4. The Labute approximate surface area is 155 Å². The summed E-state index contributed by atoms with van der Waals surface area (Å²) in [5.74, 6) is -4.02. The van der Waals surface area contributed by atoms with Gasteiger partial charge < -0.3 is 15.8 Å². The zero-order valence-electron chi connectivity index (χ0n) is 12.2. The van der Waals surface area contributed by atoms with Crippen molar-refractivity contribution in [2.24, 2.45) is 5.73 Å². The molecule has 0 aliphatic carbocycles. The number of nitrogens with two attached hydrogens (primary N) is 1. The first-order chi connectivity index (χ1) is 11.7. The standard InChI is InChI=1S/C15H9Cl3F2N2O3/c16-7-2-9(18)13(3-8(7)17)25-5-14(23)22-12-1-6(15(21)24)10(19)4-11(12)20/h1-4H,5H2,(H2,21,24)(H,22,23). The molecule has 5 nitrogen and oxygen atoms in total. The molecule has 25 heavy (non-hydrogen) atoms. The quantitative estimate of drug-likeness (QED) is 0.731. The zero-order valence-corrected chi connectivity index (χ0v) is 14.5. The van der Waals surface area contributed by atoms with Gasteiger partial charge in [-0.2, -0.15) is 0 Å². The lowest BCUT2D eigenvalue weighted by Gasteiger charge is -2.11. The second kappa shape index (κ2) is 7.86. The molecule has 0 radical (unpaired) electrons. The summed E-state index contributed by atoms with van der Waals surface area (Å²) in [5.41, 5.74) is 3.97. The highest BCUT2D eigenvalue weighted by atomic mass is 35.5. The molecule has 0 heterocycles. The number of carbonyl (C=O) groups excluding carboxylic acids is 2. The number of nitrogens with one attached hydrogen (secondary N) is 1. The van der Waals surface area contributed by atoms with E-state index in [4.69, 9.17) is 45.3 Å². The lowest BCUT2D eigenvalue weighted by molar-refractivity contribution is -0.118. The molecule has 0 atom stereocenters. The summed E-state index contributed by atoms with van der Waals surface area (Å²) in [6, 6.07) is 3.87. The predicted octanol–water partition coefficient (Wildman–Crippen LogP) is 4.04. The Balaban J connectivity index is 2.10. The van der Waals surface area contributed by atoms with Crippen LogP contribution in [0.3, 0.4) is 0 Å². The molecule has 0 saturated carbocycles. The van der Waals surface area contributed by atoms with Crippen molar-refractivity contribution in [2.75, 3.05) is 11.9 Å². The summed E-state index contributed by atoms with van der Waals surface area (Å²) in [6.45, 7) is -0.555. The fraction of sp³-hybridized carbons (Fsp3) is 0.0667. The Morgan fingerprint density at radius 3 is 2.28 bits per heavy atom. The monoisotopic (exact) mass is 408 g/mol. The molecule has 2 rings (SSSR count). The van der Waals surface area contributed by atoms with Crippen LogP contribution >= 0.6 is 34.8 Å². The number of ether oxygens (including phenoxy) is 1. The van der Waals surface area contributed by atoms with E-state index in [1.54, 1.807) is 0 Å². The SMILES string of the molecule is NC(=O)c1cc(NC(=O)COc2cc(Cl)c(Cl)cc2Cl)c(F)cc1F. The van der Waals surface area contributed by atoms with Gasteiger partial charge in [0.1, 0.15) is 17.4 Å². The van der Waals surface area contributed by atoms with E-state index in [1.807, 2.05) is 0 Å². The van der Waals surface area contributed by atoms with Gasteiger partial charge in [-0.25, -0.2) is 8.78 Å². The van der Waals surface area contributed by atoms with Crippen LogP contribution in [0.4, 0.5) is 14.5 Å². The molecular weight excluding hydrogens is 401 g/mol. The topological polar surface area (TPSA) is 81.4 Å². The van der Waals surface area contributed by atoms with Crippen molar-refractivity contribution in [2.45, 2.75) is 0 Å². The van der Waals surface area contributed by atoms with Crippen molar-refractivity contribution in [3.63, 3.8) is 0 Å². The molecular formula is C15H9Cl3F2N2O3. The molecule has 132 valence electrons. The van der Waals surface area contributed by atoms with Crippen LogP contribution in [-0.2, 0) is 4.79 Å². The molecule has 0 saturated heterocycles. The third-order valence-corrected chi connectivity index (χ3v) is 3.95. The molecule has 3 N–H and O–H groups in total. The maximum atomic E-state index is 13.7. The van der Waals surface area contributed by atoms with E-state index in [0.717, 1.165) is 6.07 Å². The third kappa shape index (κ3) is 4.72. The van der Waals surface area contributed by atoms with E-state index >= 15 is 0 Å².